The number of nitrogens with two attached hydrogens (primary N) is 1. The molecule has 3 heterocycles. The third kappa shape index (κ3) is 3.50. The van der Waals surface area contributed by atoms with Crippen molar-refractivity contribution in [3.63, 3.8) is 0 Å². The minimum atomic E-state index is -3.75. The Morgan fingerprint density at radius 3 is 2.63 bits per heavy atom. The van der Waals surface area contributed by atoms with Gasteiger partial charge in [-0.25, -0.2) is 12.8 Å². The lowest BCUT2D eigenvalue weighted by Crippen LogP contribution is -2.58. The first kappa shape index (κ1) is 21.2. The number of sulfone groups is 1. The van der Waals surface area contributed by atoms with E-state index in [1.54, 1.807) is 6.92 Å². The highest BCUT2D eigenvalue weighted by atomic mass is 32.2. The quantitative estimate of drug-likeness (QED) is 0.734. The number of amidine groups is 1. The molecule has 8 nitrogen and oxygen atoms in total. The average molecular weight is 440 g/mol. The van der Waals surface area contributed by atoms with Crippen LogP contribution < -0.4 is 11.1 Å². The van der Waals surface area contributed by atoms with E-state index in [-0.39, 0.29) is 42.9 Å². The molecule has 1 amide bonds. The monoisotopic (exact) mass is 439 g/mol. The summed E-state index contributed by atoms with van der Waals surface area (Å²) in [6.45, 7) is 2.85. The second kappa shape index (κ2) is 7.58. The van der Waals surface area contributed by atoms with Gasteiger partial charge in [-0.3, -0.25) is 9.79 Å². The lowest BCUT2D eigenvalue weighted by atomic mass is 9.92. The minimum Gasteiger partial charge on any atom is -0.386 e. The van der Waals surface area contributed by atoms with Gasteiger partial charge in [-0.05, 0) is 44.4 Å². The molecule has 3 aliphatic rings. The Kier molecular flexibility index (Phi) is 5.36. The van der Waals surface area contributed by atoms with Crippen LogP contribution in [0.15, 0.2) is 23.2 Å². The number of nitrogens with one attached hydrogen (secondary N) is 1. The molecule has 164 valence electrons. The number of carbonyl (C=O) groups is 1. The standard InChI is InChI=1S/C20H26FN3O5S/c1-19(12-30(26,27)20(18(22)24-19)6-9-29-11-20)15-10-14(2-3-16(15)21)23-17(25)13-4-7-28-8-5-13/h2-3,10,13H,4-9,11-12H2,1H3,(H2,22,24)(H,23,25)/t19-,20?/m0/s1. The van der Waals surface area contributed by atoms with E-state index in [1.807, 2.05) is 0 Å². The summed E-state index contributed by atoms with van der Waals surface area (Å²) in [7, 11) is -3.75. The van der Waals surface area contributed by atoms with E-state index < -0.39 is 31.7 Å². The minimum absolute atomic E-state index is 0.0373. The number of benzene rings is 1. The largest absolute Gasteiger partial charge is 0.386 e. The molecular weight excluding hydrogens is 413 g/mol. The fourth-order valence-corrected chi connectivity index (χ4v) is 6.68. The molecule has 10 heteroatoms. The van der Waals surface area contributed by atoms with Crippen LogP contribution in [0.4, 0.5) is 10.1 Å². The highest BCUT2D eigenvalue weighted by Gasteiger charge is 2.57. The first-order valence-corrected chi connectivity index (χ1v) is 11.7. The van der Waals surface area contributed by atoms with E-state index in [9.17, 15) is 17.6 Å². The summed E-state index contributed by atoms with van der Waals surface area (Å²) in [5, 5.41) is 2.81. The van der Waals surface area contributed by atoms with Crippen molar-refractivity contribution in [1.29, 1.82) is 0 Å². The van der Waals surface area contributed by atoms with Crippen molar-refractivity contribution in [2.75, 3.05) is 37.5 Å². The van der Waals surface area contributed by atoms with Crippen molar-refractivity contribution in [2.45, 2.75) is 36.5 Å². The first-order valence-electron chi connectivity index (χ1n) is 10.0. The lowest BCUT2D eigenvalue weighted by molar-refractivity contribution is -0.122. The molecular formula is C20H26FN3O5S. The Bertz CT molecular complexity index is 984. The molecule has 1 aromatic carbocycles. The fourth-order valence-electron chi connectivity index (χ4n) is 4.42. The van der Waals surface area contributed by atoms with Gasteiger partial charge in [0.25, 0.3) is 0 Å². The normalized spacial score (nSPS) is 31.5. The number of carbonyl (C=O) groups excluding carboxylic acids is 1. The molecule has 30 heavy (non-hydrogen) atoms. The van der Waals surface area contributed by atoms with Gasteiger partial charge in [0.2, 0.25) is 5.91 Å². The Labute approximate surface area is 174 Å². The van der Waals surface area contributed by atoms with Crippen molar-refractivity contribution in [3.8, 4) is 0 Å². The van der Waals surface area contributed by atoms with Crippen LogP contribution in [0.5, 0.6) is 0 Å². The zero-order valence-corrected chi connectivity index (χ0v) is 17.6. The number of anilines is 1. The smallest absolute Gasteiger partial charge is 0.227 e. The van der Waals surface area contributed by atoms with Gasteiger partial charge in [-0.2, -0.15) is 0 Å². The van der Waals surface area contributed by atoms with Gasteiger partial charge in [0.05, 0.1) is 12.4 Å². The molecule has 3 aliphatic heterocycles. The fraction of sp³-hybridized carbons (Fsp3) is 0.600. The van der Waals surface area contributed by atoms with E-state index in [0.717, 1.165) is 0 Å². The number of amides is 1. The molecule has 0 bridgehead atoms. The molecule has 1 unspecified atom stereocenters. The Balaban J connectivity index is 1.66. The third-order valence-corrected chi connectivity index (χ3v) is 8.96. The number of hydrogen-bond acceptors (Lipinski definition) is 7. The number of aliphatic imine (C=N–C) groups is 1. The van der Waals surface area contributed by atoms with Gasteiger partial charge < -0.3 is 20.5 Å². The van der Waals surface area contributed by atoms with E-state index >= 15 is 0 Å². The number of rotatable bonds is 3. The van der Waals surface area contributed by atoms with Crippen LogP contribution in [-0.4, -0.2) is 57.1 Å². The van der Waals surface area contributed by atoms with Crippen LogP contribution >= 0.6 is 0 Å². The van der Waals surface area contributed by atoms with E-state index in [2.05, 4.69) is 10.3 Å². The second-order valence-electron chi connectivity index (χ2n) is 8.40. The maximum Gasteiger partial charge on any atom is 0.227 e. The summed E-state index contributed by atoms with van der Waals surface area (Å²) in [6, 6.07) is 4.11. The number of nitrogens with zero attached hydrogens (tertiary/aromatic N) is 1. The Hall–Kier alpha value is -2.04. The summed E-state index contributed by atoms with van der Waals surface area (Å²) < 4.78 is 50.3. The predicted octanol–water partition coefficient (Wildman–Crippen LogP) is 1.35. The zero-order valence-electron chi connectivity index (χ0n) is 16.8. The third-order valence-electron chi connectivity index (χ3n) is 6.29. The van der Waals surface area contributed by atoms with Crippen LogP contribution in [0.2, 0.25) is 0 Å². The van der Waals surface area contributed by atoms with Crippen LogP contribution in [0.3, 0.4) is 0 Å². The van der Waals surface area contributed by atoms with Gasteiger partial charge >= 0.3 is 0 Å². The summed E-state index contributed by atoms with van der Waals surface area (Å²) in [5.41, 5.74) is 5.18. The summed E-state index contributed by atoms with van der Waals surface area (Å²) in [5.74, 6) is -1.38. The lowest BCUT2D eigenvalue weighted by Gasteiger charge is -2.39. The highest BCUT2D eigenvalue weighted by Crippen LogP contribution is 2.41. The molecule has 1 aromatic rings. The Morgan fingerprint density at radius 1 is 1.27 bits per heavy atom. The number of hydrogen-bond donors (Lipinski definition) is 2. The van der Waals surface area contributed by atoms with Crippen molar-refractivity contribution in [3.05, 3.63) is 29.6 Å². The van der Waals surface area contributed by atoms with E-state index in [4.69, 9.17) is 15.2 Å². The predicted molar refractivity (Wildman–Crippen MR) is 110 cm³/mol. The zero-order chi connectivity index (χ0) is 21.6. The summed E-state index contributed by atoms with van der Waals surface area (Å²) in [4.78, 5) is 17.0. The SMILES string of the molecule is C[C@@]1(c2cc(NC(=O)C3CCOCC3)ccc2F)CS(=O)(=O)C2(CCOC2)C(N)=N1. The van der Waals surface area contributed by atoms with Crippen LogP contribution in [0.1, 0.15) is 31.7 Å². The first-order chi connectivity index (χ1) is 14.2. The average Bonchev–Trinajstić information content (AvgIpc) is 3.20. The van der Waals surface area contributed by atoms with Crippen molar-refractivity contribution in [1.82, 2.24) is 0 Å². The van der Waals surface area contributed by atoms with Gasteiger partial charge in [0, 0.05) is 37.0 Å². The van der Waals surface area contributed by atoms with Gasteiger partial charge in [0.1, 0.15) is 17.2 Å². The van der Waals surface area contributed by atoms with Crippen LogP contribution in [-0.2, 0) is 29.6 Å². The topological polar surface area (TPSA) is 120 Å². The van der Waals surface area contributed by atoms with E-state index in [0.29, 0.717) is 31.7 Å². The number of halogens is 1. The van der Waals surface area contributed by atoms with Crippen molar-refractivity contribution in [2.24, 2.45) is 16.6 Å². The van der Waals surface area contributed by atoms with Crippen LogP contribution in [0.25, 0.3) is 0 Å². The van der Waals surface area contributed by atoms with Crippen molar-refractivity contribution >= 4 is 27.3 Å². The molecule has 2 atom stereocenters. The van der Waals surface area contributed by atoms with Crippen LogP contribution in [0, 0.1) is 11.7 Å². The molecule has 3 N–H and O–H groups in total. The summed E-state index contributed by atoms with van der Waals surface area (Å²) >= 11 is 0. The molecule has 1 spiro atoms. The second-order valence-corrected chi connectivity index (χ2v) is 10.7. The molecule has 0 aliphatic carbocycles. The maximum absolute atomic E-state index is 14.8. The molecule has 2 fully saturated rings. The molecule has 4 rings (SSSR count). The molecule has 2 saturated heterocycles. The highest BCUT2D eigenvalue weighted by molar-refractivity contribution is 7.93. The van der Waals surface area contributed by atoms with E-state index in [1.165, 1.54) is 18.2 Å². The number of ether oxygens (including phenoxy) is 2. The maximum atomic E-state index is 14.8. The van der Waals surface area contributed by atoms with Crippen molar-refractivity contribution < 1.29 is 27.1 Å². The molecule has 0 aromatic heterocycles. The van der Waals surface area contributed by atoms with Gasteiger partial charge in [0.15, 0.2) is 14.6 Å². The van der Waals surface area contributed by atoms with Gasteiger partial charge in [-0.1, -0.05) is 0 Å². The molecule has 0 radical (unpaired) electrons. The Morgan fingerprint density at radius 2 is 2.00 bits per heavy atom. The summed E-state index contributed by atoms with van der Waals surface area (Å²) in [6.07, 6.45) is 1.49. The molecule has 0 saturated carbocycles. The van der Waals surface area contributed by atoms with Gasteiger partial charge in [-0.15, -0.1) is 0 Å².